The van der Waals surface area contributed by atoms with Gasteiger partial charge in [0.25, 0.3) is 5.56 Å². The molecule has 0 radical (unpaired) electrons. The minimum absolute atomic E-state index is 0.0457. The Balaban J connectivity index is 1.70. The summed E-state index contributed by atoms with van der Waals surface area (Å²) in [6.45, 7) is 0.308. The van der Waals surface area contributed by atoms with Crippen molar-refractivity contribution in [3.8, 4) is 11.6 Å². The number of carbonyl (C=O) groups is 1. The lowest BCUT2D eigenvalue weighted by atomic mass is 9.89. The Kier molecular flexibility index (Phi) is 6.12. The van der Waals surface area contributed by atoms with Gasteiger partial charge in [0.15, 0.2) is 0 Å². The molecule has 4 rings (SSSR count). The molecule has 1 aromatic carbocycles. The molecule has 3 heterocycles. The number of nitrogens with zero attached hydrogens (tertiary/aromatic N) is 3. The number of benzene rings is 1. The first-order valence-corrected chi connectivity index (χ1v) is 10.1. The maximum Gasteiger partial charge on any atom is 0.265 e. The molecule has 0 saturated heterocycles. The van der Waals surface area contributed by atoms with E-state index in [1.54, 1.807) is 74.2 Å². The van der Waals surface area contributed by atoms with Crippen LogP contribution in [0.25, 0.3) is 5.65 Å². The van der Waals surface area contributed by atoms with E-state index in [9.17, 15) is 14.7 Å². The second-order valence-corrected chi connectivity index (χ2v) is 7.25. The Labute approximate surface area is 184 Å². The molecule has 2 N–H and O–H groups in total. The van der Waals surface area contributed by atoms with E-state index in [0.717, 1.165) is 5.56 Å². The summed E-state index contributed by atoms with van der Waals surface area (Å²) in [7, 11) is 1.56. The van der Waals surface area contributed by atoms with Gasteiger partial charge in [0, 0.05) is 37.5 Å². The maximum atomic E-state index is 13.2. The molecule has 32 heavy (non-hydrogen) atoms. The number of ether oxygens (including phenoxy) is 1. The van der Waals surface area contributed by atoms with E-state index < -0.39 is 11.5 Å². The Morgan fingerprint density at radius 3 is 2.69 bits per heavy atom. The third-order valence-corrected chi connectivity index (χ3v) is 5.22. The lowest BCUT2D eigenvalue weighted by Crippen LogP contribution is -2.28. The molecule has 8 heteroatoms. The fraction of sp³-hybridized carbons (Fsp3) is 0.167. The Morgan fingerprint density at radius 1 is 1.16 bits per heavy atom. The van der Waals surface area contributed by atoms with Crippen molar-refractivity contribution < 1.29 is 14.6 Å². The van der Waals surface area contributed by atoms with Crippen molar-refractivity contribution in [1.82, 2.24) is 19.7 Å². The second-order valence-electron chi connectivity index (χ2n) is 7.25. The van der Waals surface area contributed by atoms with Gasteiger partial charge in [0.05, 0.1) is 12.7 Å². The highest BCUT2D eigenvalue weighted by Gasteiger charge is 2.26. The molecule has 0 saturated carbocycles. The van der Waals surface area contributed by atoms with Crippen LogP contribution < -0.4 is 15.6 Å². The van der Waals surface area contributed by atoms with Crippen molar-refractivity contribution in [2.75, 3.05) is 7.11 Å². The van der Waals surface area contributed by atoms with Crippen LogP contribution in [0.15, 0.2) is 78.0 Å². The van der Waals surface area contributed by atoms with Gasteiger partial charge in [-0.2, -0.15) is 4.98 Å². The highest BCUT2D eigenvalue weighted by atomic mass is 16.5. The van der Waals surface area contributed by atoms with E-state index in [1.807, 2.05) is 6.07 Å². The standard InChI is InChI=1S/C24H22N4O4/c1-32-18-9-7-17(8-10-18)19(13-21(29)26-15-16-5-4-11-25-14-16)22-23(30)27-20-6-2-3-12-28(20)24(22)31/h2-12,14,19,30H,13,15H2,1H3,(H,26,29). The predicted octanol–water partition coefficient (Wildman–Crippen LogP) is 2.64. The van der Waals surface area contributed by atoms with E-state index >= 15 is 0 Å². The highest BCUT2D eigenvalue weighted by Crippen LogP contribution is 2.32. The number of fused-ring (bicyclic) bond motifs is 1. The van der Waals surface area contributed by atoms with Crippen LogP contribution in [-0.2, 0) is 11.3 Å². The second kappa shape index (κ2) is 9.30. The number of hydrogen-bond donors (Lipinski definition) is 2. The lowest BCUT2D eigenvalue weighted by Gasteiger charge is -2.19. The largest absolute Gasteiger partial charge is 0.497 e. The summed E-state index contributed by atoms with van der Waals surface area (Å²) in [4.78, 5) is 34.3. The number of hydrogen-bond acceptors (Lipinski definition) is 6. The molecule has 1 atom stereocenters. The third kappa shape index (κ3) is 4.44. The molecule has 0 aliphatic carbocycles. The zero-order valence-corrected chi connectivity index (χ0v) is 17.4. The first-order valence-electron chi connectivity index (χ1n) is 10.1. The monoisotopic (exact) mass is 430 g/mol. The summed E-state index contributed by atoms with van der Waals surface area (Å²) in [6.07, 6.45) is 4.87. The first-order chi connectivity index (χ1) is 15.6. The fourth-order valence-corrected chi connectivity index (χ4v) is 3.58. The minimum Gasteiger partial charge on any atom is -0.497 e. The zero-order chi connectivity index (χ0) is 22.5. The number of rotatable bonds is 7. The molecule has 0 aliphatic heterocycles. The van der Waals surface area contributed by atoms with E-state index in [1.165, 1.54) is 4.40 Å². The van der Waals surface area contributed by atoms with Gasteiger partial charge in [0.1, 0.15) is 11.4 Å². The van der Waals surface area contributed by atoms with Gasteiger partial charge >= 0.3 is 0 Å². The minimum atomic E-state index is -0.702. The van der Waals surface area contributed by atoms with Crippen molar-refractivity contribution in [2.45, 2.75) is 18.9 Å². The maximum absolute atomic E-state index is 13.2. The lowest BCUT2D eigenvalue weighted by molar-refractivity contribution is -0.121. The molecule has 8 nitrogen and oxygen atoms in total. The molecule has 0 spiro atoms. The summed E-state index contributed by atoms with van der Waals surface area (Å²) in [5.41, 5.74) is 1.52. The normalized spacial score (nSPS) is 11.8. The smallest absolute Gasteiger partial charge is 0.265 e. The summed E-state index contributed by atoms with van der Waals surface area (Å²) in [6, 6.07) is 15.8. The van der Waals surface area contributed by atoms with Gasteiger partial charge in [-0.25, -0.2) is 0 Å². The molecule has 1 unspecified atom stereocenters. The molecule has 1 amide bonds. The van der Waals surface area contributed by atoms with Crippen LogP contribution in [0.3, 0.4) is 0 Å². The SMILES string of the molecule is COc1ccc(C(CC(=O)NCc2cccnc2)c2c(O)nc3ccccn3c2=O)cc1. The quantitative estimate of drug-likeness (QED) is 0.467. The zero-order valence-electron chi connectivity index (χ0n) is 17.4. The summed E-state index contributed by atoms with van der Waals surface area (Å²) in [5, 5.41) is 13.5. The number of carbonyl (C=O) groups excluding carboxylic acids is 1. The van der Waals surface area contributed by atoms with Gasteiger partial charge in [-0.05, 0) is 41.5 Å². The van der Waals surface area contributed by atoms with Crippen LogP contribution in [0, 0.1) is 0 Å². The molecule has 0 aliphatic rings. The van der Waals surface area contributed by atoms with Crippen molar-refractivity contribution >= 4 is 11.6 Å². The summed E-state index contributed by atoms with van der Waals surface area (Å²) < 4.78 is 6.58. The number of amides is 1. The Bertz CT molecular complexity index is 1290. The third-order valence-electron chi connectivity index (χ3n) is 5.22. The van der Waals surface area contributed by atoms with Gasteiger partial charge in [-0.15, -0.1) is 0 Å². The average molecular weight is 430 g/mol. The highest BCUT2D eigenvalue weighted by molar-refractivity contribution is 5.77. The van der Waals surface area contributed by atoms with Crippen molar-refractivity contribution in [1.29, 1.82) is 0 Å². The molecular formula is C24H22N4O4. The van der Waals surface area contributed by atoms with Gasteiger partial charge < -0.3 is 15.2 Å². The molecule has 4 aromatic rings. The molecular weight excluding hydrogens is 408 g/mol. The van der Waals surface area contributed by atoms with Crippen LogP contribution in [0.4, 0.5) is 0 Å². The molecule has 162 valence electrons. The van der Waals surface area contributed by atoms with Gasteiger partial charge in [0.2, 0.25) is 11.8 Å². The Morgan fingerprint density at radius 2 is 1.97 bits per heavy atom. The fourth-order valence-electron chi connectivity index (χ4n) is 3.58. The topological polar surface area (TPSA) is 106 Å². The number of aromatic hydroxyl groups is 1. The van der Waals surface area contributed by atoms with Crippen LogP contribution in [0.1, 0.15) is 29.0 Å². The van der Waals surface area contributed by atoms with E-state index in [2.05, 4.69) is 15.3 Å². The number of aromatic nitrogens is 3. The summed E-state index contributed by atoms with van der Waals surface area (Å²) >= 11 is 0. The van der Waals surface area contributed by atoms with Crippen molar-refractivity contribution in [3.63, 3.8) is 0 Å². The van der Waals surface area contributed by atoms with E-state index in [-0.39, 0.29) is 23.8 Å². The van der Waals surface area contributed by atoms with Crippen LogP contribution in [0.2, 0.25) is 0 Å². The van der Waals surface area contributed by atoms with Crippen molar-refractivity contribution in [3.05, 3.63) is 100 Å². The van der Waals surface area contributed by atoms with Crippen molar-refractivity contribution in [2.24, 2.45) is 0 Å². The number of pyridine rings is 2. The molecule has 0 bridgehead atoms. The Hall–Kier alpha value is -4.20. The van der Waals surface area contributed by atoms with Crippen LogP contribution >= 0.6 is 0 Å². The van der Waals surface area contributed by atoms with Gasteiger partial charge in [-0.1, -0.05) is 24.3 Å². The van der Waals surface area contributed by atoms with Crippen LogP contribution in [0.5, 0.6) is 11.6 Å². The molecule has 3 aromatic heterocycles. The van der Waals surface area contributed by atoms with E-state index in [4.69, 9.17) is 4.74 Å². The number of methoxy groups -OCH3 is 1. The average Bonchev–Trinajstić information content (AvgIpc) is 2.83. The predicted molar refractivity (Wildman–Crippen MR) is 119 cm³/mol. The van der Waals surface area contributed by atoms with Crippen LogP contribution in [-0.4, -0.2) is 32.5 Å². The number of nitrogens with one attached hydrogen (secondary N) is 1. The molecule has 0 fully saturated rings. The summed E-state index contributed by atoms with van der Waals surface area (Å²) in [5.74, 6) is -0.716. The first kappa shape index (κ1) is 21.0. The van der Waals surface area contributed by atoms with E-state index in [0.29, 0.717) is 23.5 Å². The van der Waals surface area contributed by atoms with Gasteiger partial charge in [-0.3, -0.25) is 19.0 Å².